The quantitative estimate of drug-likeness (QED) is 0.241. The first-order valence-electron chi connectivity index (χ1n) is 11.9. The number of ether oxygens (including phenoxy) is 1. The Morgan fingerprint density at radius 3 is 2.17 bits per heavy atom. The van der Waals surface area contributed by atoms with E-state index in [1.54, 1.807) is 25.1 Å². The van der Waals surface area contributed by atoms with Crippen molar-refractivity contribution in [2.75, 3.05) is 17.2 Å². The van der Waals surface area contributed by atoms with E-state index >= 15 is 0 Å². The first kappa shape index (κ1) is 23.1. The first-order chi connectivity index (χ1) is 17.6. The Balaban J connectivity index is 1.50. The van der Waals surface area contributed by atoms with Gasteiger partial charge in [0, 0.05) is 11.3 Å². The van der Waals surface area contributed by atoms with E-state index in [1.807, 2.05) is 60.7 Å². The Morgan fingerprint density at radius 1 is 0.806 bits per heavy atom. The Bertz CT molecular complexity index is 1430. The number of carbonyl (C=O) groups excluding carboxylic acids is 2. The van der Waals surface area contributed by atoms with Crippen molar-refractivity contribution in [2.24, 2.45) is 0 Å². The molecule has 0 bridgehead atoms. The Kier molecular flexibility index (Phi) is 6.63. The van der Waals surface area contributed by atoms with E-state index in [-0.39, 0.29) is 5.91 Å². The number of benzene rings is 4. The molecule has 0 atom stereocenters. The molecule has 4 aromatic carbocycles. The molecule has 4 aromatic rings. The minimum atomic E-state index is -0.413. The molecule has 1 heterocycles. The number of anilines is 2. The van der Waals surface area contributed by atoms with E-state index in [0.29, 0.717) is 29.1 Å². The fraction of sp³-hybridized carbons (Fsp3) is 0.0968. The second-order valence-electron chi connectivity index (χ2n) is 8.54. The average molecular weight is 475 g/mol. The molecule has 0 aromatic heterocycles. The number of rotatable bonds is 7. The van der Waals surface area contributed by atoms with Crippen LogP contribution in [0, 0.1) is 0 Å². The fourth-order valence-electron chi connectivity index (χ4n) is 4.33. The minimum Gasteiger partial charge on any atom is -0.462 e. The summed E-state index contributed by atoms with van der Waals surface area (Å²) in [7, 11) is 0. The number of hydrogen-bond donors (Lipinski definition) is 2. The van der Waals surface area contributed by atoms with Crippen LogP contribution in [0.15, 0.2) is 103 Å². The van der Waals surface area contributed by atoms with Crippen molar-refractivity contribution in [2.45, 2.75) is 13.3 Å². The number of carbonyl (C=O) groups is 2. The molecular weight excluding hydrogens is 448 g/mol. The highest BCUT2D eigenvalue weighted by Crippen LogP contribution is 2.38. The molecule has 1 aliphatic heterocycles. The zero-order valence-electron chi connectivity index (χ0n) is 20.0. The van der Waals surface area contributed by atoms with Gasteiger partial charge in [0.2, 0.25) is 0 Å². The van der Waals surface area contributed by atoms with Crippen LogP contribution in [0.1, 0.15) is 39.5 Å². The third-order valence-electron chi connectivity index (χ3n) is 6.06. The number of hydrogen-bond acceptors (Lipinski definition) is 4. The van der Waals surface area contributed by atoms with Gasteiger partial charge in [-0.25, -0.2) is 4.79 Å². The Labute approximate surface area is 210 Å². The lowest BCUT2D eigenvalue weighted by molar-refractivity contribution is -0.110. The summed E-state index contributed by atoms with van der Waals surface area (Å²) in [6.07, 6.45) is 0.854. The molecule has 0 saturated heterocycles. The molecule has 5 nitrogen and oxygen atoms in total. The topological polar surface area (TPSA) is 67.4 Å². The van der Waals surface area contributed by atoms with Gasteiger partial charge in [-0.15, -0.1) is 0 Å². The van der Waals surface area contributed by atoms with Gasteiger partial charge in [-0.05, 0) is 54.3 Å². The third-order valence-corrected chi connectivity index (χ3v) is 6.06. The van der Waals surface area contributed by atoms with E-state index in [9.17, 15) is 9.59 Å². The molecule has 0 spiro atoms. The number of esters is 1. The molecule has 0 aliphatic carbocycles. The van der Waals surface area contributed by atoms with Crippen LogP contribution in [0.25, 0.3) is 11.3 Å². The van der Waals surface area contributed by atoms with Crippen molar-refractivity contribution in [3.8, 4) is 0 Å². The monoisotopic (exact) mass is 474 g/mol. The van der Waals surface area contributed by atoms with Gasteiger partial charge in [-0.1, -0.05) is 78.9 Å². The minimum absolute atomic E-state index is 0.224. The van der Waals surface area contributed by atoms with Gasteiger partial charge < -0.3 is 15.4 Å². The highest BCUT2D eigenvalue weighted by atomic mass is 16.5. The molecule has 0 fully saturated rings. The summed E-state index contributed by atoms with van der Waals surface area (Å²) in [5.41, 5.74) is 7.18. The second kappa shape index (κ2) is 10.3. The summed E-state index contributed by atoms with van der Waals surface area (Å²) in [4.78, 5) is 25.4. The van der Waals surface area contributed by atoms with Crippen LogP contribution in [0.2, 0.25) is 0 Å². The molecule has 0 unspecified atom stereocenters. The summed E-state index contributed by atoms with van der Waals surface area (Å²) in [5, 5.41) is 6.40. The van der Waals surface area contributed by atoms with Crippen molar-refractivity contribution in [3.05, 3.63) is 131 Å². The average Bonchev–Trinajstić information content (AvgIpc) is 3.24. The van der Waals surface area contributed by atoms with Gasteiger partial charge in [-0.3, -0.25) is 4.79 Å². The molecule has 178 valence electrons. The van der Waals surface area contributed by atoms with Crippen LogP contribution in [0.5, 0.6) is 0 Å². The van der Waals surface area contributed by atoms with Crippen molar-refractivity contribution in [3.63, 3.8) is 0 Å². The predicted molar refractivity (Wildman–Crippen MR) is 144 cm³/mol. The molecule has 36 heavy (non-hydrogen) atoms. The highest BCUT2D eigenvalue weighted by molar-refractivity contribution is 6.37. The van der Waals surface area contributed by atoms with Crippen molar-refractivity contribution < 1.29 is 14.3 Å². The third kappa shape index (κ3) is 4.91. The standard InChI is InChI=1S/C31H26N2O3/c1-2-36-31(35)24-15-18-26-27(20-24)33-30(34)28(26)29(23-11-7-4-8-12-23)32-25-16-13-22(14-17-25)19-21-9-5-3-6-10-21/h3-18,20,32H,2,19H2,1H3,(H,33,34). The van der Waals surface area contributed by atoms with Gasteiger partial charge in [0.25, 0.3) is 5.91 Å². The maximum absolute atomic E-state index is 13.2. The lowest BCUT2D eigenvalue weighted by Crippen LogP contribution is -2.10. The van der Waals surface area contributed by atoms with Gasteiger partial charge in [-0.2, -0.15) is 0 Å². The summed E-state index contributed by atoms with van der Waals surface area (Å²) in [6.45, 7) is 2.06. The van der Waals surface area contributed by atoms with Crippen LogP contribution < -0.4 is 10.6 Å². The SMILES string of the molecule is CCOC(=O)c1ccc2c(c1)NC(=O)C2=C(Nc1ccc(Cc2ccccc2)cc1)c1ccccc1. The molecule has 1 amide bonds. The molecule has 0 saturated carbocycles. The van der Waals surface area contributed by atoms with Crippen LogP contribution in [0.3, 0.4) is 0 Å². The zero-order chi connectivity index (χ0) is 24.9. The summed E-state index contributed by atoms with van der Waals surface area (Å²) in [6, 6.07) is 33.5. The molecule has 0 radical (unpaired) electrons. The molecule has 1 aliphatic rings. The Hall–Kier alpha value is -4.64. The van der Waals surface area contributed by atoms with Crippen LogP contribution in [-0.4, -0.2) is 18.5 Å². The molecular formula is C31H26N2O3. The lowest BCUT2D eigenvalue weighted by atomic mass is 9.98. The van der Waals surface area contributed by atoms with E-state index in [1.165, 1.54) is 11.1 Å². The van der Waals surface area contributed by atoms with E-state index in [4.69, 9.17) is 4.74 Å². The smallest absolute Gasteiger partial charge is 0.338 e. The van der Waals surface area contributed by atoms with Gasteiger partial charge in [0.15, 0.2) is 0 Å². The summed E-state index contributed by atoms with van der Waals surface area (Å²) >= 11 is 0. The van der Waals surface area contributed by atoms with Gasteiger partial charge >= 0.3 is 5.97 Å². The fourth-order valence-corrected chi connectivity index (χ4v) is 4.33. The maximum Gasteiger partial charge on any atom is 0.338 e. The Morgan fingerprint density at radius 2 is 1.47 bits per heavy atom. The normalized spacial score (nSPS) is 13.5. The molecule has 5 rings (SSSR count). The maximum atomic E-state index is 13.2. The first-order valence-corrected chi connectivity index (χ1v) is 11.9. The second-order valence-corrected chi connectivity index (χ2v) is 8.54. The van der Waals surface area contributed by atoms with Crippen LogP contribution in [-0.2, 0) is 16.0 Å². The molecule has 2 N–H and O–H groups in total. The lowest BCUT2D eigenvalue weighted by Gasteiger charge is -2.15. The van der Waals surface area contributed by atoms with Crippen LogP contribution in [0.4, 0.5) is 11.4 Å². The summed E-state index contributed by atoms with van der Waals surface area (Å²) < 4.78 is 5.11. The van der Waals surface area contributed by atoms with E-state index in [2.05, 4.69) is 34.9 Å². The van der Waals surface area contributed by atoms with Crippen molar-refractivity contribution in [1.29, 1.82) is 0 Å². The van der Waals surface area contributed by atoms with Crippen LogP contribution >= 0.6 is 0 Å². The largest absolute Gasteiger partial charge is 0.462 e. The predicted octanol–water partition coefficient (Wildman–Crippen LogP) is 6.39. The number of amides is 1. The number of fused-ring (bicyclic) bond motifs is 1. The van der Waals surface area contributed by atoms with Gasteiger partial charge in [0.05, 0.1) is 29.1 Å². The zero-order valence-corrected chi connectivity index (χ0v) is 20.0. The number of nitrogens with one attached hydrogen (secondary N) is 2. The molecule has 5 heteroatoms. The highest BCUT2D eigenvalue weighted by Gasteiger charge is 2.29. The van der Waals surface area contributed by atoms with E-state index in [0.717, 1.165) is 23.2 Å². The van der Waals surface area contributed by atoms with E-state index < -0.39 is 5.97 Å². The van der Waals surface area contributed by atoms with Crippen molar-refractivity contribution >= 4 is 34.5 Å². The summed E-state index contributed by atoms with van der Waals surface area (Å²) in [5.74, 6) is -0.637. The van der Waals surface area contributed by atoms with Crippen molar-refractivity contribution in [1.82, 2.24) is 0 Å². The van der Waals surface area contributed by atoms with Gasteiger partial charge in [0.1, 0.15) is 0 Å².